The van der Waals surface area contributed by atoms with Crippen LogP contribution in [0.3, 0.4) is 0 Å². The monoisotopic (exact) mass is 376 g/mol. The summed E-state index contributed by atoms with van der Waals surface area (Å²) in [5.74, 6) is -0.174. The summed E-state index contributed by atoms with van der Waals surface area (Å²) < 4.78 is 0. The molecule has 4 nitrogen and oxygen atoms in total. The van der Waals surface area contributed by atoms with Gasteiger partial charge in [0.1, 0.15) is 6.04 Å². The lowest BCUT2D eigenvalue weighted by molar-refractivity contribution is -0.119. The molecule has 0 bridgehead atoms. The van der Waals surface area contributed by atoms with E-state index in [0.29, 0.717) is 17.8 Å². The number of hydrogen-bond acceptors (Lipinski definition) is 3. The van der Waals surface area contributed by atoms with Crippen molar-refractivity contribution in [2.75, 3.05) is 11.9 Å². The van der Waals surface area contributed by atoms with Crippen LogP contribution < -0.4 is 5.32 Å². The van der Waals surface area contributed by atoms with Gasteiger partial charge in [-0.15, -0.1) is 11.3 Å². The van der Waals surface area contributed by atoms with Crippen LogP contribution in [-0.2, 0) is 4.79 Å². The third-order valence-corrected chi connectivity index (χ3v) is 5.67. The largest absolute Gasteiger partial charge is 0.326 e. The summed E-state index contributed by atoms with van der Waals surface area (Å²) in [6.07, 6.45) is 1.55. The molecule has 5 heteroatoms. The number of likely N-dealkylation sites (tertiary alicyclic amines) is 1. The van der Waals surface area contributed by atoms with Gasteiger partial charge in [0.15, 0.2) is 0 Å². The number of carbonyl (C=O) groups is 2. The maximum atomic E-state index is 12.8. The van der Waals surface area contributed by atoms with E-state index in [2.05, 4.69) is 17.4 Å². The highest BCUT2D eigenvalue weighted by Crippen LogP contribution is 2.25. The predicted octanol–water partition coefficient (Wildman–Crippen LogP) is 4.66. The van der Waals surface area contributed by atoms with Gasteiger partial charge in [0.25, 0.3) is 5.91 Å². The summed E-state index contributed by atoms with van der Waals surface area (Å²) in [5, 5.41) is 4.84. The van der Waals surface area contributed by atoms with E-state index >= 15 is 0 Å². The molecule has 3 aromatic rings. The Labute approximate surface area is 162 Å². The number of benzene rings is 2. The number of carbonyl (C=O) groups excluding carboxylic acids is 2. The first-order chi connectivity index (χ1) is 13.2. The summed E-state index contributed by atoms with van der Waals surface area (Å²) in [4.78, 5) is 27.8. The summed E-state index contributed by atoms with van der Waals surface area (Å²) in [5.41, 5.74) is 2.98. The third kappa shape index (κ3) is 3.78. The Morgan fingerprint density at radius 2 is 1.67 bits per heavy atom. The van der Waals surface area contributed by atoms with Crippen molar-refractivity contribution in [3.63, 3.8) is 0 Å². The number of hydrogen-bond donors (Lipinski definition) is 1. The van der Waals surface area contributed by atoms with Crippen molar-refractivity contribution in [1.29, 1.82) is 0 Å². The van der Waals surface area contributed by atoms with E-state index in [0.717, 1.165) is 23.2 Å². The second-order valence-corrected chi connectivity index (χ2v) is 7.51. The number of amides is 2. The molecule has 1 saturated heterocycles. The Bertz CT molecular complexity index is 921. The van der Waals surface area contributed by atoms with Crippen LogP contribution in [0.1, 0.15) is 22.5 Å². The summed E-state index contributed by atoms with van der Waals surface area (Å²) in [6.45, 7) is 0.627. The van der Waals surface area contributed by atoms with Crippen molar-refractivity contribution >= 4 is 28.8 Å². The molecule has 2 amide bonds. The molecule has 4 rings (SSSR count). The number of nitrogens with zero attached hydrogens (tertiary/aromatic N) is 1. The fourth-order valence-electron chi connectivity index (χ4n) is 3.43. The molecular formula is C22H20N2O2S. The van der Waals surface area contributed by atoms with Crippen molar-refractivity contribution in [3.8, 4) is 11.1 Å². The lowest BCUT2D eigenvalue weighted by Crippen LogP contribution is -2.42. The molecule has 1 aliphatic rings. The van der Waals surface area contributed by atoms with Crippen LogP contribution in [0.15, 0.2) is 72.1 Å². The van der Waals surface area contributed by atoms with E-state index in [1.54, 1.807) is 4.90 Å². The zero-order valence-electron chi connectivity index (χ0n) is 14.8. The Morgan fingerprint density at radius 1 is 0.926 bits per heavy atom. The third-order valence-electron chi connectivity index (χ3n) is 4.81. The van der Waals surface area contributed by atoms with Gasteiger partial charge in [-0.25, -0.2) is 0 Å². The average Bonchev–Trinajstić information content (AvgIpc) is 3.41. The fraction of sp³-hybridized carbons (Fsp3) is 0.182. The van der Waals surface area contributed by atoms with E-state index < -0.39 is 6.04 Å². The normalized spacial score (nSPS) is 16.3. The molecule has 2 aromatic carbocycles. The highest BCUT2D eigenvalue weighted by molar-refractivity contribution is 7.12. The Hall–Kier alpha value is -2.92. The fourth-order valence-corrected chi connectivity index (χ4v) is 4.11. The minimum Gasteiger partial charge on any atom is -0.326 e. The number of anilines is 1. The van der Waals surface area contributed by atoms with Gasteiger partial charge in [-0.1, -0.05) is 48.5 Å². The minimum atomic E-state index is -0.409. The molecular weight excluding hydrogens is 356 g/mol. The molecule has 0 saturated carbocycles. The van der Waals surface area contributed by atoms with Crippen LogP contribution >= 0.6 is 11.3 Å². The van der Waals surface area contributed by atoms with Crippen molar-refractivity contribution in [2.24, 2.45) is 0 Å². The maximum Gasteiger partial charge on any atom is 0.264 e. The van der Waals surface area contributed by atoms with Crippen molar-refractivity contribution < 1.29 is 9.59 Å². The summed E-state index contributed by atoms with van der Waals surface area (Å²) >= 11 is 1.41. The van der Waals surface area contributed by atoms with E-state index in [9.17, 15) is 9.59 Å². The topological polar surface area (TPSA) is 49.4 Å². The van der Waals surface area contributed by atoms with E-state index in [1.807, 2.05) is 60.0 Å². The van der Waals surface area contributed by atoms with Gasteiger partial charge in [-0.3, -0.25) is 9.59 Å². The quantitative estimate of drug-likeness (QED) is 0.720. The second-order valence-electron chi connectivity index (χ2n) is 6.57. The molecule has 27 heavy (non-hydrogen) atoms. The molecule has 0 unspecified atom stereocenters. The zero-order valence-corrected chi connectivity index (χ0v) is 15.6. The molecule has 1 fully saturated rings. The molecule has 136 valence electrons. The smallest absolute Gasteiger partial charge is 0.264 e. The van der Waals surface area contributed by atoms with Crippen molar-refractivity contribution in [1.82, 2.24) is 4.90 Å². The number of rotatable bonds is 4. The molecule has 0 radical (unpaired) electrons. The van der Waals surface area contributed by atoms with Crippen molar-refractivity contribution in [3.05, 3.63) is 77.0 Å². The van der Waals surface area contributed by atoms with E-state index in [-0.39, 0.29) is 11.8 Å². The van der Waals surface area contributed by atoms with Crippen LogP contribution in [0, 0.1) is 0 Å². The van der Waals surface area contributed by atoms with Gasteiger partial charge in [-0.2, -0.15) is 0 Å². The molecule has 1 aromatic heterocycles. The average molecular weight is 376 g/mol. The molecule has 1 atom stereocenters. The SMILES string of the molecule is O=C(Nc1ccc(-c2ccccc2)cc1)[C@H]1CCCN1C(=O)c1cccs1. The van der Waals surface area contributed by atoms with Crippen LogP contribution in [0.4, 0.5) is 5.69 Å². The van der Waals surface area contributed by atoms with Gasteiger partial charge in [0.2, 0.25) is 5.91 Å². The Kier molecular flexibility index (Phi) is 5.03. The maximum absolute atomic E-state index is 12.8. The number of nitrogens with one attached hydrogen (secondary N) is 1. The molecule has 1 N–H and O–H groups in total. The van der Waals surface area contributed by atoms with Crippen LogP contribution in [0.5, 0.6) is 0 Å². The Balaban J connectivity index is 1.44. The first-order valence-corrected chi connectivity index (χ1v) is 9.91. The van der Waals surface area contributed by atoms with E-state index in [4.69, 9.17) is 0 Å². The summed E-state index contributed by atoms with van der Waals surface area (Å²) in [7, 11) is 0. The van der Waals surface area contributed by atoms with Gasteiger partial charge < -0.3 is 10.2 Å². The highest BCUT2D eigenvalue weighted by Gasteiger charge is 2.34. The number of thiophene rings is 1. The highest BCUT2D eigenvalue weighted by atomic mass is 32.1. The van der Waals surface area contributed by atoms with Crippen LogP contribution in [0.2, 0.25) is 0 Å². The van der Waals surface area contributed by atoms with Crippen molar-refractivity contribution in [2.45, 2.75) is 18.9 Å². The molecule has 0 aliphatic carbocycles. The first kappa shape index (κ1) is 17.5. The van der Waals surface area contributed by atoms with E-state index in [1.165, 1.54) is 11.3 Å². The van der Waals surface area contributed by atoms with Gasteiger partial charge in [-0.05, 0) is 47.5 Å². The lowest BCUT2D eigenvalue weighted by Gasteiger charge is -2.23. The standard InChI is InChI=1S/C22H20N2O2S/c25-21(19-8-4-14-24(19)22(26)20-9-5-15-27-20)23-18-12-10-17(11-13-18)16-6-2-1-3-7-16/h1-3,5-7,9-13,15,19H,4,8,14H2,(H,23,25)/t19-/m1/s1. The molecule has 2 heterocycles. The van der Waals surface area contributed by atoms with Gasteiger partial charge in [0, 0.05) is 12.2 Å². The predicted molar refractivity (Wildman–Crippen MR) is 109 cm³/mol. The van der Waals surface area contributed by atoms with Gasteiger partial charge >= 0.3 is 0 Å². The Morgan fingerprint density at radius 3 is 2.37 bits per heavy atom. The van der Waals surface area contributed by atoms with Crippen LogP contribution in [-0.4, -0.2) is 29.3 Å². The second kappa shape index (κ2) is 7.76. The first-order valence-electron chi connectivity index (χ1n) is 9.03. The van der Waals surface area contributed by atoms with Gasteiger partial charge in [0.05, 0.1) is 4.88 Å². The zero-order chi connectivity index (χ0) is 18.6. The van der Waals surface area contributed by atoms with Crippen LogP contribution in [0.25, 0.3) is 11.1 Å². The lowest BCUT2D eigenvalue weighted by atomic mass is 10.1. The minimum absolute atomic E-state index is 0.0536. The molecule has 1 aliphatic heterocycles. The molecule has 0 spiro atoms. The summed E-state index contributed by atoms with van der Waals surface area (Å²) in [6, 6.07) is 21.2.